The highest BCUT2D eigenvalue weighted by molar-refractivity contribution is 5.81. The van der Waals surface area contributed by atoms with Gasteiger partial charge in [0.25, 0.3) is 12.3 Å². The number of carbonyl (C=O) groups is 1. The van der Waals surface area contributed by atoms with Gasteiger partial charge in [-0.2, -0.15) is 5.26 Å². The molecule has 13 heteroatoms. The summed E-state index contributed by atoms with van der Waals surface area (Å²) in [5.41, 5.74) is 3.75. The molecule has 3 aliphatic rings. The average Bonchev–Trinajstić information content (AvgIpc) is 3.04. The summed E-state index contributed by atoms with van der Waals surface area (Å²) in [4.78, 5) is 26.9. The number of nitriles is 1. The zero-order valence-corrected chi connectivity index (χ0v) is 24.7. The molecule has 3 saturated heterocycles. The lowest BCUT2D eigenvalue weighted by Crippen LogP contribution is -2.56. The van der Waals surface area contributed by atoms with E-state index in [1.165, 1.54) is 16.9 Å². The maximum atomic E-state index is 12.7. The van der Waals surface area contributed by atoms with E-state index >= 15 is 0 Å². The zero-order chi connectivity index (χ0) is 31.3. The molecule has 0 unspecified atom stereocenters. The van der Waals surface area contributed by atoms with Gasteiger partial charge in [0.05, 0.1) is 30.5 Å². The number of aliphatic hydroxyl groups excluding tert-OH is 1. The maximum absolute atomic E-state index is 12.7. The van der Waals surface area contributed by atoms with Crippen LogP contribution in [0.15, 0.2) is 54.9 Å². The van der Waals surface area contributed by atoms with Gasteiger partial charge in [-0.05, 0) is 42.5 Å². The Balaban J connectivity index is 1.05. The van der Waals surface area contributed by atoms with Crippen molar-refractivity contribution in [3.63, 3.8) is 0 Å². The van der Waals surface area contributed by atoms with Crippen LogP contribution < -0.4 is 15.0 Å². The highest BCUT2D eigenvalue weighted by atomic mass is 19.3. The average molecular weight is 620 g/mol. The number of benzene rings is 2. The molecule has 6 rings (SSSR count). The number of hydrogen-bond acceptors (Lipinski definition) is 10. The Bertz CT molecular complexity index is 1520. The number of hydrogen-bond donors (Lipinski definition) is 2. The first kappa shape index (κ1) is 30.6. The number of rotatable bonds is 9. The molecule has 0 aliphatic carbocycles. The number of likely N-dealkylation sites (tertiary alicyclic amines) is 1. The topological polar surface area (TPSA) is 127 Å². The number of carbonyl (C=O) groups excluding carboxylic acids is 1. The van der Waals surface area contributed by atoms with Crippen molar-refractivity contribution in [3.05, 3.63) is 60.4 Å². The SMILES string of the molecule is N#Cc1cc(-c2cc(Nc3ccc(N4CCN(C5COC5)CC4)cc3)ncn2)ccc1OC1CCN(C(=O)[C@@H](O)C(F)F)CC1. The molecule has 0 radical (unpaired) electrons. The Labute approximate surface area is 260 Å². The molecule has 45 heavy (non-hydrogen) atoms. The summed E-state index contributed by atoms with van der Waals surface area (Å²) in [6, 6.07) is 18.1. The van der Waals surface area contributed by atoms with Crippen molar-refractivity contribution in [2.45, 2.75) is 37.5 Å². The molecule has 2 aromatic carbocycles. The van der Waals surface area contributed by atoms with E-state index in [0.29, 0.717) is 47.3 Å². The number of nitrogens with zero attached hydrogens (tertiary/aromatic N) is 6. The summed E-state index contributed by atoms with van der Waals surface area (Å²) in [6.07, 6.45) is -3.49. The summed E-state index contributed by atoms with van der Waals surface area (Å²) in [5.74, 6) is 0.0245. The van der Waals surface area contributed by atoms with Gasteiger partial charge in [-0.25, -0.2) is 18.7 Å². The fourth-order valence-corrected chi connectivity index (χ4v) is 5.81. The summed E-state index contributed by atoms with van der Waals surface area (Å²) >= 11 is 0. The smallest absolute Gasteiger partial charge is 0.273 e. The summed E-state index contributed by atoms with van der Waals surface area (Å²) in [6.45, 7) is 6.11. The molecule has 1 aromatic heterocycles. The minimum Gasteiger partial charge on any atom is -0.489 e. The molecule has 1 atom stereocenters. The molecule has 0 spiro atoms. The fourth-order valence-electron chi connectivity index (χ4n) is 5.81. The van der Waals surface area contributed by atoms with E-state index < -0.39 is 18.4 Å². The van der Waals surface area contributed by atoms with Crippen LogP contribution in [0.2, 0.25) is 0 Å². The zero-order valence-electron chi connectivity index (χ0n) is 24.7. The molecule has 0 saturated carbocycles. The predicted molar refractivity (Wildman–Crippen MR) is 163 cm³/mol. The lowest BCUT2D eigenvalue weighted by atomic mass is 10.1. The van der Waals surface area contributed by atoms with Gasteiger partial charge in [-0.3, -0.25) is 9.69 Å². The van der Waals surface area contributed by atoms with Crippen molar-refractivity contribution in [1.29, 1.82) is 5.26 Å². The lowest BCUT2D eigenvalue weighted by Gasteiger charge is -2.43. The van der Waals surface area contributed by atoms with Gasteiger partial charge < -0.3 is 29.7 Å². The quantitative estimate of drug-likeness (QED) is 0.369. The highest BCUT2D eigenvalue weighted by Crippen LogP contribution is 2.29. The van der Waals surface area contributed by atoms with Crippen molar-refractivity contribution in [2.24, 2.45) is 0 Å². The first-order chi connectivity index (χ1) is 21.9. The van der Waals surface area contributed by atoms with Crippen LogP contribution >= 0.6 is 0 Å². The van der Waals surface area contributed by atoms with Gasteiger partial charge in [0.15, 0.2) is 6.10 Å². The number of amides is 1. The maximum Gasteiger partial charge on any atom is 0.273 e. The third-order valence-corrected chi connectivity index (χ3v) is 8.56. The van der Waals surface area contributed by atoms with Crippen LogP contribution in [0.4, 0.5) is 26.0 Å². The molecule has 236 valence electrons. The minimum absolute atomic E-state index is 0.181. The van der Waals surface area contributed by atoms with Gasteiger partial charge >= 0.3 is 0 Å². The van der Waals surface area contributed by atoms with Crippen LogP contribution in [0.5, 0.6) is 5.75 Å². The van der Waals surface area contributed by atoms with Gasteiger partial charge in [0, 0.05) is 75.1 Å². The molecule has 3 fully saturated rings. The van der Waals surface area contributed by atoms with Gasteiger partial charge in [-0.1, -0.05) is 0 Å². The van der Waals surface area contributed by atoms with E-state index in [1.54, 1.807) is 12.1 Å². The third kappa shape index (κ3) is 7.14. The van der Waals surface area contributed by atoms with E-state index in [0.717, 1.165) is 45.1 Å². The largest absolute Gasteiger partial charge is 0.489 e. The Morgan fingerprint density at radius 3 is 2.40 bits per heavy atom. The molecule has 3 aliphatic heterocycles. The Kier molecular flexibility index (Phi) is 9.34. The Morgan fingerprint density at radius 2 is 1.76 bits per heavy atom. The van der Waals surface area contributed by atoms with Gasteiger partial charge in [0.2, 0.25) is 0 Å². The van der Waals surface area contributed by atoms with Crippen LogP contribution in [0.1, 0.15) is 18.4 Å². The number of nitrogens with one attached hydrogen (secondary N) is 1. The van der Waals surface area contributed by atoms with Crippen molar-refractivity contribution in [2.75, 3.05) is 62.7 Å². The highest BCUT2D eigenvalue weighted by Gasteiger charge is 2.33. The van der Waals surface area contributed by atoms with E-state index in [2.05, 4.69) is 43.3 Å². The van der Waals surface area contributed by atoms with E-state index in [-0.39, 0.29) is 19.2 Å². The number of ether oxygens (including phenoxy) is 2. The molecular formula is C32H35F2N7O4. The second-order valence-electron chi connectivity index (χ2n) is 11.4. The molecule has 11 nitrogen and oxygen atoms in total. The van der Waals surface area contributed by atoms with Crippen LogP contribution in [0.25, 0.3) is 11.3 Å². The van der Waals surface area contributed by atoms with Crippen molar-refractivity contribution < 1.29 is 28.2 Å². The summed E-state index contributed by atoms with van der Waals surface area (Å²) in [5, 5.41) is 22.5. The van der Waals surface area contributed by atoms with E-state index in [4.69, 9.17) is 9.47 Å². The number of piperidine rings is 1. The number of halogens is 2. The summed E-state index contributed by atoms with van der Waals surface area (Å²) in [7, 11) is 0. The molecular weight excluding hydrogens is 584 g/mol. The normalized spacial score (nSPS) is 18.7. The molecule has 2 N–H and O–H groups in total. The first-order valence-corrected chi connectivity index (χ1v) is 15.1. The number of aliphatic hydroxyl groups is 1. The monoisotopic (exact) mass is 619 g/mol. The molecule has 1 amide bonds. The minimum atomic E-state index is -3.12. The molecule has 4 heterocycles. The number of alkyl halides is 2. The standard InChI is InChI=1S/C32H35F2N7O4/c33-31(34)30(42)32(43)41-9-7-26(8-10-41)45-28-6-1-21(15-22(28)17-35)27-16-29(37-20-36-27)38-23-2-4-24(5-3-23)39-11-13-40(14-12-39)25-18-44-19-25/h1-6,15-16,20,25-26,30-31,42H,7-14,18-19H2,(H,36,37,38)/t30-/m0/s1. The van der Waals surface area contributed by atoms with Crippen molar-refractivity contribution >= 4 is 23.1 Å². The number of aromatic nitrogens is 2. The number of anilines is 3. The summed E-state index contributed by atoms with van der Waals surface area (Å²) < 4.78 is 36.8. The second kappa shape index (κ2) is 13.7. The molecule has 0 bridgehead atoms. The lowest BCUT2D eigenvalue weighted by molar-refractivity contribution is -0.150. The van der Waals surface area contributed by atoms with E-state index in [9.17, 15) is 23.9 Å². The third-order valence-electron chi connectivity index (χ3n) is 8.56. The molecule has 3 aromatic rings. The fraction of sp³-hybridized carbons (Fsp3) is 0.438. The van der Waals surface area contributed by atoms with Crippen LogP contribution in [0, 0.1) is 11.3 Å². The first-order valence-electron chi connectivity index (χ1n) is 15.1. The Hall–Kier alpha value is -4.38. The van der Waals surface area contributed by atoms with Crippen molar-refractivity contribution in [3.8, 4) is 23.1 Å². The van der Waals surface area contributed by atoms with Crippen LogP contribution in [-0.2, 0) is 9.53 Å². The Morgan fingerprint density at radius 1 is 1.02 bits per heavy atom. The van der Waals surface area contributed by atoms with Crippen molar-refractivity contribution in [1.82, 2.24) is 19.8 Å². The second-order valence-corrected chi connectivity index (χ2v) is 11.4. The number of piperazine rings is 1. The predicted octanol–water partition coefficient (Wildman–Crippen LogP) is 3.28. The van der Waals surface area contributed by atoms with Gasteiger partial charge in [0.1, 0.15) is 30.1 Å². The van der Waals surface area contributed by atoms with Crippen LogP contribution in [0.3, 0.4) is 0 Å². The van der Waals surface area contributed by atoms with Gasteiger partial charge in [-0.15, -0.1) is 0 Å². The van der Waals surface area contributed by atoms with E-state index in [1.807, 2.05) is 24.3 Å². The van der Waals surface area contributed by atoms with Crippen LogP contribution in [-0.4, -0.2) is 108 Å².